The minimum Gasteiger partial charge on any atom is -0.0613 e. The molecule has 0 aliphatic heterocycles. The van der Waals surface area contributed by atoms with Gasteiger partial charge in [-0.1, -0.05) is 64.7 Å². The molecule has 0 amide bonds. The minimum atomic E-state index is 0.851. The van der Waals surface area contributed by atoms with E-state index in [4.69, 9.17) is 0 Å². The molecule has 4 rings (SSSR count). The van der Waals surface area contributed by atoms with Gasteiger partial charge >= 0.3 is 0 Å². The van der Waals surface area contributed by atoms with Crippen molar-refractivity contribution in [3.63, 3.8) is 0 Å². The lowest BCUT2D eigenvalue weighted by Crippen LogP contribution is -2.20. The van der Waals surface area contributed by atoms with Crippen LogP contribution in [0.15, 0.2) is 0 Å². The van der Waals surface area contributed by atoms with E-state index in [2.05, 4.69) is 20.8 Å². The van der Waals surface area contributed by atoms with E-state index >= 15 is 0 Å². The van der Waals surface area contributed by atoms with Gasteiger partial charge in [0.05, 0.1) is 0 Å². The predicted octanol–water partition coefficient (Wildman–Crippen LogP) is 9.01. The van der Waals surface area contributed by atoms with Gasteiger partial charge in [-0.3, -0.25) is 0 Å². The van der Waals surface area contributed by atoms with Crippen LogP contribution in [-0.4, -0.2) is 0 Å². The first-order valence-electron chi connectivity index (χ1n) is 12.9. The van der Waals surface area contributed by atoms with Gasteiger partial charge < -0.3 is 0 Å². The van der Waals surface area contributed by atoms with Gasteiger partial charge in [0, 0.05) is 0 Å². The summed E-state index contributed by atoms with van der Waals surface area (Å²) in [6.45, 7) is 7.52. The first-order valence-corrected chi connectivity index (χ1v) is 12.9. The summed E-state index contributed by atoms with van der Waals surface area (Å²) in [7, 11) is 0. The van der Waals surface area contributed by atoms with E-state index in [1.165, 1.54) is 103 Å². The van der Waals surface area contributed by atoms with Crippen molar-refractivity contribution < 1.29 is 0 Å². The Morgan fingerprint density at radius 2 is 0.821 bits per heavy atom. The lowest BCUT2D eigenvalue weighted by Gasteiger charge is -2.36. The van der Waals surface area contributed by atoms with Gasteiger partial charge in [-0.25, -0.2) is 0 Å². The monoisotopic (exact) mass is 380 g/mol. The van der Waals surface area contributed by atoms with Crippen LogP contribution in [0.25, 0.3) is 0 Å². The van der Waals surface area contributed by atoms with Crippen molar-refractivity contribution in [3.05, 3.63) is 33.4 Å². The summed E-state index contributed by atoms with van der Waals surface area (Å²) in [6, 6.07) is 0. The highest BCUT2D eigenvalue weighted by Crippen LogP contribution is 2.48. The number of hydrogen-bond donors (Lipinski definition) is 0. The van der Waals surface area contributed by atoms with Crippen LogP contribution >= 0.6 is 0 Å². The molecule has 3 fully saturated rings. The summed E-state index contributed by atoms with van der Waals surface area (Å²) < 4.78 is 0. The smallest absolute Gasteiger partial charge is 0.0156 e. The summed E-state index contributed by atoms with van der Waals surface area (Å²) in [5.74, 6) is 2.56. The molecule has 0 aromatic heterocycles. The van der Waals surface area contributed by atoms with Crippen molar-refractivity contribution in [2.45, 2.75) is 141 Å². The van der Waals surface area contributed by atoms with E-state index in [-0.39, 0.29) is 0 Å². The summed E-state index contributed by atoms with van der Waals surface area (Å²) in [4.78, 5) is 0. The van der Waals surface area contributed by atoms with Crippen LogP contribution in [0, 0.1) is 13.8 Å². The first-order chi connectivity index (χ1) is 13.7. The second-order valence-electron chi connectivity index (χ2n) is 10.3. The van der Waals surface area contributed by atoms with Gasteiger partial charge in [-0.2, -0.15) is 0 Å². The molecule has 0 spiro atoms. The third kappa shape index (κ3) is 3.95. The lowest BCUT2D eigenvalue weighted by molar-refractivity contribution is 0.420. The Morgan fingerprint density at radius 3 is 1.14 bits per heavy atom. The molecule has 3 saturated carbocycles. The fraction of sp³-hybridized carbons (Fsp3) is 0.786. The Morgan fingerprint density at radius 1 is 0.500 bits per heavy atom. The van der Waals surface area contributed by atoms with Crippen LogP contribution in [0.2, 0.25) is 0 Å². The fourth-order valence-corrected chi connectivity index (χ4v) is 7.44. The van der Waals surface area contributed by atoms with E-state index in [0.717, 1.165) is 17.8 Å². The van der Waals surface area contributed by atoms with Gasteiger partial charge in [0.15, 0.2) is 0 Å². The second-order valence-corrected chi connectivity index (χ2v) is 10.3. The highest BCUT2D eigenvalue weighted by atomic mass is 14.4. The van der Waals surface area contributed by atoms with Crippen molar-refractivity contribution in [2.24, 2.45) is 0 Å². The van der Waals surface area contributed by atoms with Crippen molar-refractivity contribution in [1.82, 2.24) is 0 Å². The topological polar surface area (TPSA) is 0 Å². The molecule has 0 heteroatoms. The largest absolute Gasteiger partial charge is 0.0613 e. The Hall–Kier alpha value is -0.780. The highest BCUT2D eigenvalue weighted by Gasteiger charge is 2.31. The standard InChI is InChI=1S/C28H44/c1-4-25-27(23-16-10-6-11-17-23)20(2)26(22-14-8-5-9-15-22)21(3)28(25)24-18-12-7-13-19-24/h22-24H,4-19H2,1-3H3. The summed E-state index contributed by atoms with van der Waals surface area (Å²) >= 11 is 0. The molecule has 1 aromatic carbocycles. The number of rotatable bonds is 4. The molecule has 0 bridgehead atoms. The van der Waals surface area contributed by atoms with Crippen LogP contribution in [0.5, 0.6) is 0 Å². The van der Waals surface area contributed by atoms with Crippen molar-refractivity contribution in [3.8, 4) is 0 Å². The van der Waals surface area contributed by atoms with Crippen LogP contribution in [0.1, 0.15) is 154 Å². The van der Waals surface area contributed by atoms with Gasteiger partial charge in [0.1, 0.15) is 0 Å². The third-order valence-corrected chi connectivity index (χ3v) is 8.66. The van der Waals surface area contributed by atoms with Crippen LogP contribution in [0.3, 0.4) is 0 Å². The highest BCUT2D eigenvalue weighted by molar-refractivity contribution is 5.55. The molecule has 0 saturated heterocycles. The number of benzene rings is 1. The van der Waals surface area contributed by atoms with E-state index in [0.29, 0.717) is 0 Å². The molecule has 1 aromatic rings. The Balaban J connectivity index is 1.87. The molecule has 3 aliphatic rings. The Kier molecular flexibility index (Phi) is 6.85. The maximum atomic E-state index is 2.53. The zero-order valence-corrected chi connectivity index (χ0v) is 19.0. The normalized spacial score (nSPS) is 23.2. The maximum Gasteiger partial charge on any atom is -0.0156 e. The summed E-state index contributed by atoms with van der Waals surface area (Å²) in [5, 5.41) is 0. The molecule has 0 nitrogen and oxygen atoms in total. The molecule has 0 atom stereocenters. The average molecular weight is 381 g/mol. The average Bonchev–Trinajstić information content (AvgIpc) is 2.75. The lowest BCUT2D eigenvalue weighted by atomic mass is 9.68. The van der Waals surface area contributed by atoms with Crippen LogP contribution in [0.4, 0.5) is 0 Å². The second kappa shape index (κ2) is 9.36. The molecule has 0 N–H and O–H groups in total. The van der Waals surface area contributed by atoms with E-state index in [9.17, 15) is 0 Å². The van der Waals surface area contributed by atoms with Crippen molar-refractivity contribution in [1.29, 1.82) is 0 Å². The van der Waals surface area contributed by atoms with Crippen molar-refractivity contribution >= 4 is 0 Å². The molecule has 3 aliphatic carbocycles. The SMILES string of the molecule is CCc1c(C2CCCCC2)c(C)c(C2CCCCC2)c(C)c1C1CCCCC1. The summed E-state index contributed by atoms with van der Waals surface area (Å²) in [5.41, 5.74) is 10.8. The zero-order chi connectivity index (χ0) is 19.5. The van der Waals surface area contributed by atoms with E-state index in [1.807, 2.05) is 22.3 Å². The van der Waals surface area contributed by atoms with Crippen LogP contribution in [-0.2, 0) is 6.42 Å². The predicted molar refractivity (Wildman–Crippen MR) is 123 cm³/mol. The molecule has 0 heterocycles. The van der Waals surface area contributed by atoms with Gasteiger partial charge in [-0.15, -0.1) is 0 Å². The number of hydrogen-bond acceptors (Lipinski definition) is 0. The fourth-order valence-electron chi connectivity index (χ4n) is 7.44. The molecule has 156 valence electrons. The molecule has 0 unspecified atom stereocenters. The van der Waals surface area contributed by atoms with E-state index < -0.39 is 0 Å². The van der Waals surface area contributed by atoms with Gasteiger partial charge in [0.25, 0.3) is 0 Å². The third-order valence-electron chi connectivity index (χ3n) is 8.66. The van der Waals surface area contributed by atoms with Gasteiger partial charge in [-0.05, 0) is 110 Å². The quantitative estimate of drug-likeness (QED) is 0.488. The molecule has 0 radical (unpaired) electrons. The molecular weight excluding hydrogens is 336 g/mol. The van der Waals surface area contributed by atoms with Crippen LogP contribution < -0.4 is 0 Å². The molecule has 28 heavy (non-hydrogen) atoms. The Labute approximate surface area is 174 Å². The first kappa shape index (κ1) is 20.5. The Bertz CT molecular complexity index is 604. The maximum absolute atomic E-state index is 2.53. The summed E-state index contributed by atoms with van der Waals surface area (Å²) in [6.07, 6.45) is 23.1. The zero-order valence-electron chi connectivity index (χ0n) is 19.0. The van der Waals surface area contributed by atoms with E-state index in [1.54, 1.807) is 11.1 Å². The minimum absolute atomic E-state index is 0.851. The molecular formula is C28H44. The van der Waals surface area contributed by atoms with Gasteiger partial charge in [0.2, 0.25) is 0 Å². The van der Waals surface area contributed by atoms with Crippen molar-refractivity contribution in [2.75, 3.05) is 0 Å².